The summed E-state index contributed by atoms with van der Waals surface area (Å²) in [6.07, 6.45) is 1.53. The van der Waals surface area contributed by atoms with E-state index < -0.39 is 17.9 Å². The lowest BCUT2D eigenvalue weighted by molar-refractivity contribution is -0.138. The van der Waals surface area contributed by atoms with E-state index in [-0.39, 0.29) is 5.69 Å². The van der Waals surface area contributed by atoms with Crippen molar-refractivity contribution < 1.29 is 19.1 Å². The molecule has 0 aromatic carbocycles. The molecule has 1 amide bonds. The van der Waals surface area contributed by atoms with E-state index in [1.807, 2.05) is 0 Å². The molecule has 0 saturated heterocycles. The molecule has 7 heteroatoms. The monoisotopic (exact) mass is 280 g/mol. The molecule has 0 saturated carbocycles. The minimum Gasteiger partial charge on any atom is -0.480 e. The molecule has 0 aliphatic carbocycles. The fourth-order valence-electron chi connectivity index (χ4n) is 1.44. The van der Waals surface area contributed by atoms with E-state index in [4.69, 9.17) is 9.52 Å². The van der Waals surface area contributed by atoms with Crippen molar-refractivity contribution in [2.45, 2.75) is 19.9 Å². The van der Waals surface area contributed by atoms with Crippen LogP contribution >= 0.6 is 11.3 Å². The summed E-state index contributed by atoms with van der Waals surface area (Å²) in [4.78, 5) is 27.5. The Morgan fingerprint density at radius 2 is 2.26 bits per heavy atom. The van der Waals surface area contributed by atoms with Crippen LogP contribution in [0.5, 0.6) is 0 Å². The number of aryl methyl sites for hydroxylation is 1. The number of carboxylic acids is 1. The predicted octanol–water partition coefficient (Wildman–Crippen LogP) is 1.91. The number of aromatic nitrogens is 1. The van der Waals surface area contributed by atoms with Crippen molar-refractivity contribution in [1.29, 1.82) is 0 Å². The molecule has 0 bridgehead atoms. The van der Waals surface area contributed by atoms with Crippen molar-refractivity contribution in [2.75, 3.05) is 0 Å². The van der Waals surface area contributed by atoms with Gasteiger partial charge in [0, 0.05) is 4.88 Å². The average Bonchev–Trinajstić information content (AvgIpc) is 2.96. The van der Waals surface area contributed by atoms with E-state index in [2.05, 4.69) is 10.3 Å². The number of rotatable bonds is 4. The third kappa shape index (κ3) is 2.82. The Hall–Kier alpha value is -2.15. The van der Waals surface area contributed by atoms with Crippen molar-refractivity contribution in [2.24, 2.45) is 0 Å². The summed E-state index contributed by atoms with van der Waals surface area (Å²) in [5.74, 6) is -1.01. The maximum Gasteiger partial charge on any atom is 0.325 e. The molecule has 1 atom stereocenters. The van der Waals surface area contributed by atoms with Crippen LogP contribution in [0.15, 0.2) is 22.8 Å². The van der Waals surface area contributed by atoms with Gasteiger partial charge >= 0.3 is 5.97 Å². The molecule has 2 rings (SSSR count). The summed E-state index contributed by atoms with van der Waals surface area (Å²) in [5.41, 5.74) is 0.226. The topological polar surface area (TPSA) is 92.4 Å². The third-order valence-corrected chi connectivity index (χ3v) is 3.45. The molecular formula is C12H12N2O4S. The molecule has 0 fully saturated rings. The van der Waals surface area contributed by atoms with E-state index in [0.29, 0.717) is 15.6 Å². The van der Waals surface area contributed by atoms with E-state index >= 15 is 0 Å². The normalized spacial score (nSPS) is 12.1. The molecule has 100 valence electrons. The van der Waals surface area contributed by atoms with Crippen LogP contribution in [-0.4, -0.2) is 28.0 Å². The second kappa shape index (κ2) is 5.23. The van der Waals surface area contributed by atoms with Crippen molar-refractivity contribution >= 4 is 23.2 Å². The Bertz CT molecular complexity index is 603. The van der Waals surface area contributed by atoms with Crippen molar-refractivity contribution in [3.63, 3.8) is 0 Å². The highest BCUT2D eigenvalue weighted by molar-refractivity contribution is 7.15. The first-order valence-electron chi connectivity index (χ1n) is 5.54. The van der Waals surface area contributed by atoms with Gasteiger partial charge in [0.15, 0.2) is 10.8 Å². The molecule has 19 heavy (non-hydrogen) atoms. The van der Waals surface area contributed by atoms with E-state index in [9.17, 15) is 9.59 Å². The van der Waals surface area contributed by atoms with Gasteiger partial charge in [-0.15, -0.1) is 11.3 Å². The van der Waals surface area contributed by atoms with Gasteiger partial charge in [0.1, 0.15) is 11.7 Å². The summed E-state index contributed by atoms with van der Waals surface area (Å²) in [5, 5.41) is 11.7. The van der Waals surface area contributed by atoms with Crippen molar-refractivity contribution in [3.8, 4) is 10.8 Å². The number of hydrogen-bond donors (Lipinski definition) is 2. The molecule has 6 nitrogen and oxygen atoms in total. The maximum absolute atomic E-state index is 11.9. The number of furan rings is 1. The lowest BCUT2D eigenvalue weighted by Crippen LogP contribution is -2.38. The number of carbonyl (C=O) groups is 2. The van der Waals surface area contributed by atoms with Crippen LogP contribution in [-0.2, 0) is 4.79 Å². The number of nitrogens with one attached hydrogen (secondary N) is 1. The van der Waals surface area contributed by atoms with E-state index in [1.165, 1.54) is 24.5 Å². The summed E-state index contributed by atoms with van der Waals surface area (Å²) in [6.45, 7) is 3.15. The summed E-state index contributed by atoms with van der Waals surface area (Å²) in [6, 6.07) is 2.53. The molecule has 0 spiro atoms. The number of amides is 1. The molecule has 2 aromatic rings. The zero-order valence-electron chi connectivity index (χ0n) is 10.3. The largest absolute Gasteiger partial charge is 0.480 e. The van der Waals surface area contributed by atoms with Gasteiger partial charge in [0.2, 0.25) is 0 Å². The Morgan fingerprint density at radius 1 is 1.53 bits per heavy atom. The van der Waals surface area contributed by atoms with Gasteiger partial charge in [0.25, 0.3) is 5.91 Å². The average molecular weight is 280 g/mol. The van der Waals surface area contributed by atoms with Crippen LogP contribution in [0.25, 0.3) is 10.8 Å². The van der Waals surface area contributed by atoms with Gasteiger partial charge in [-0.1, -0.05) is 0 Å². The highest BCUT2D eigenvalue weighted by atomic mass is 32.1. The third-order valence-electron chi connectivity index (χ3n) is 2.46. The number of thiazole rings is 1. The fourth-order valence-corrected chi connectivity index (χ4v) is 2.32. The van der Waals surface area contributed by atoms with Crippen LogP contribution in [0, 0.1) is 6.92 Å². The van der Waals surface area contributed by atoms with Gasteiger partial charge < -0.3 is 14.8 Å². The van der Waals surface area contributed by atoms with E-state index in [1.54, 1.807) is 19.1 Å². The Kier molecular flexibility index (Phi) is 3.66. The molecular weight excluding hydrogens is 268 g/mol. The summed E-state index contributed by atoms with van der Waals surface area (Å²) < 4.78 is 5.21. The van der Waals surface area contributed by atoms with Crippen LogP contribution < -0.4 is 5.32 Å². The number of hydrogen-bond acceptors (Lipinski definition) is 5. The number of nitrogens with zero attached hydrogens (tertiary/aromatic N) is 1. The lowest BCUT2D eigenvalue weighted by atomic mass is 10.3. The maximum atomic E-state index is 11.9. The van der Waals surface area contributed by atoms with Crippen LogP contribution in [0.4, 0.5) is 0 Å². The summed E-state index contributed by atoms with van der Waals surface area (Å²) >= 11 is 1.32. The van der Waals surface area contributed by atoms with Crippen molar-refractivity contribution in [3.05, 3.63) is 29.0 Å². The number of carbonyl (C=O) groups excluding carboxylic acids is 1. The molecule has 2 aromatic heterocycles. The molecule has 2 N–H and O–H groups in total. The quantitative estimate of drug-likeness (QED) is 0.892. The molecule has 0 radical (unpaired) electrons. The van der Waals surface area contributed by atoms with Crippen LogP contribution in [0.1, 0.15) is 22.3 Å². The summed E-state index contributed by atoms with van der Waals surface area (Å²) in [7, 11) is 0. The molecule has 0 aliphatic rings. The second-order valence-corrected chi connectivity index (χ2v) is 5.14. The zero-order chi connectivity index (χ0) is 14.0. The van der Waals surface area contributed by atoms with Crippen molar-refractivity contribution in [1.82, 2.24) is 10.3 Å². The van der Waals surface area contributed by atoms with E-state index in [0.717, 1.165) is 0 Å². The lowest BCUT2D eigenvalue weighted by Gasteiger charge is -2.07. The second-order valence-electron chi connectivity index (χ2n) is 3.93. The first-order valence-corrected chi connectivity index (χ1v) is 6.35. The first-order chi connectivity index (χ1) is 8.99. The Morgan fingerprint density at radius 3 is 2.84 bits per heavy atom. The number of carboxylic acid groups (broad SMARTS) is 1. The van der Waals surface area contributed by atoms with Crippen LogP contribution in [0.3, 0.4) is 0 Å². The Labute approximate surface area is 113 Å². The fraction of sp³-hybridized carbons (Fsp3) is 0.250. The smallest absolute Gasteiger partial charge is 0.325 e. The van der Waals surface area contributed by atoms with Gasteiger partial charge in [-0.3, -0.25) is 9.59 Å². The molecule has 2 heterocycles. The van der Waals surface area contributed by atoms with Gasteiger partial charge in [-0.25, -0.2) is 4.98 Å². The molecule has 0 aliphatic heterocycles. The van der Waals surface area contributed by atoms with Gasteiger partial charge in [0.05, 0.1) is 6.26 Å². The number of aliphatic carboxylic acids is 1. The highest BCUT2D eigenvalue weighted by Crippen LogP contribution is 2.27. The highest BCUT2D eigenvalue weighted by Gasteiger charge is 2.21. The Balaban J connectivity index is 2.21. The predicted molar refractivity (Wildman–Crippen MR) is 69.1 cm³/mol. The zero-order valence-corrected chi connectivity index (χ0v) is 11.2. The standard InChI is InChI=1S/C12H12N2O4S/c1-6(12(16)17)13-10(15)9-7(2)19-11(14-9)8-4-3-5-18-8/h3-6H,1-2H3,(H,13,15)(H,16,17)/t6-/m1/s1. The first kappa shape index (κ1) is 13.3. The molecule has 0 unspecified atom stereocenters. The minimum atomic E-state index is -1.09. The van der Waals surface area contributed by atoms with Crippen LogP contribution in [0.2, 0.25) is 0 Å². The SMILES string of the molecule is Cc1sc(-c2ccco2)nc1C(=O)N[C@H](C)C(=O)O. The van der Waals surface area contributed by atoms with Gasteiger partial charge in [-0.2, -0.15) is 0 Å². The minimum absolute atomic E-state index is 0.226. The van der Waals surface area contributed by atoms with Gasteiger partial charge in [-0.05, 0) is 26.0 Å².